The van der Waals surface area contributed by atoms with E-state index in [9.17, 15) is 26.9 Å². The zero-order chi connectivity index (χ0) is 90.2. The molecule has 13 atom stereocenters. The van der Waals surface area contributed by atoms with E-state index in [1.165, 1.54) is 40.0 Å². The number of rotatable bonds is 28. The van der Waals surface area contributed by atoms with Gasteiger partial charge in [0, 0.05) is 90.2 Å². The minimum absolute atomic E-state index is 0. The number of halogens is 1. The Morgan fingerprint density at radius 2 is 0.816 bits per heavy atom. The van der Waals surface area contributed by atoms with Crippen molar-refractivity contribution in [2.24, 2.45) is 47.3 Å². The minimum Gasteiger partial charge on any atom is -1.00 e. The van der Waals surface area contributed by atoms with Crippen molar-refractivity contribution in [3.05, 3.63) is 236 Å². The van der Waals surface area contributed by atoms with Gasteiger partial charge in [-0.25, -0.2) is 0 Å². The van der Waals surface area contributed by atoms with E-state index in [2.05, 4.69) is 232 Å². The number of benzene rings is 6. The van der Waals surface area contributed by atoms with Crippen LogP contribution in [0, 0.1) is 107 Å². The van der Waals surface area contributed by atoms with Crippen LogP contribution in [0.15, 0.2) is 228 Å². The fourth-order valence-corrected chi connectivity index (χ4v) is 29.8. The maximum absolute atomic E-state index is 12.0. The van der Waals surface area contributed by atoms with Crippen molar-refractivity contribution in [3.63, 3.8) is 0 Å². The van der Waals surface area contributed by atoms with E-state index in [0.717, 1.165) is 80.9 Å². The van der Waals surface area contributed by atoms with Crippen LogP contribution in [0.2, 0.25) is 10.1 Å². The molecule has 2 fully saturated rings. The summed E-state index contributed by atoms with van der Waals surface area (Å²) in [6.07, 6.45) is 30.1. The van der Waals surface area contributed by atoms with Crippen LogP contribution < -0.4 is 92.3 Å². The predicted molar refractivity (Wildman–Crippen MR) is 504 cm³/mol. The summed E-state index contributed by atoms with van der Waals surface area (Å²) in [5.74, 6) is 3.86. The topological polar surface area (TPSA) is 314 Å². The molecule has 2 heterocycles. The number of aliphatic hydroxyl groups is 4. The summed E-state index contributed by atoms with van der Waals surface area (Å²) in [6, 6.07) is 62.8. The molecule has 0 spiro atoms. The molecule has 2 aliphatic heterocycles. The largest absolute Gasteiger partial charge is 1.00 e. The molecule has 125 heavy (non-hydrogen) atoms. The first-order valence-electron chi connectivity index (χ1n) is 42.8. The number of thioether (sulfide) groups is 2. The van der Waals surface area contributed by atoms with Gasteiger partial charge in [-0.2, -0.15) is 36.0 Å². The van der Waals surface area contributed by atoms with E-state index in [-0.39, 0.29) is 125 Å². The molecule has 2 saturated heterocycles. The van der Waals surface area contributed by atoms with Crippen LogP contribution in [0.25, 0.3) is 0 Å². The van der Waals surface area contributed by atoms with Crippen LogP contribution in [0.3, 0.4) is 0 Å². The molecule has 12 rings (SSSR count). The van der Waals surface area contributed by atoms with Gasteiger partial charge in [-0.15, -0.1) is 11.8 Å². The summed E-state index contributed by atoms with van der Waals surface area (Å²) >= 11 is 1.52. The molecule has 4 aliphatic carbocycles. The monoisotopic (exact) mass is 1880 g/mol. The average molecular weight is 1880 g/mol. The maximum atomic E-state index is 12.0. The van der Waals surface area contributed by atoms with Crippen LogP contribution in [0.1, 0.15) is 172 Å². The number of allylic oxidation sites excluding steroid dienone is 4. The van der Waals surface area contributed by atoms with E-state index < -0.39 is 45.4 Å². The first-order valence-corrected chi connectivity index (χ1v) is 52.7. The van der Waals surface area contributed by atoms with E-state index >= 15 is 0 Å². The number of aliphatic hydroxyl groups excluding tert-OH is 4. The summed E-state index contributed by atoms with van der Waals surface area (Å²) in [6.45, 7) is 35.5. The Morgan fingerprint density at radius 3 is 1.14 bits per heavy atom. The Kier molecular flexibility index (Phi) is 60.4. The van der Waals surface area contributed by atoms with E-state index in [0.29, 0.717) is 89.5 Å². The standard InChI is InChI=1S/C23H29NOSSi.C21H28O2SSi.C15H20O3S.C9H13N.C8H14O.C7H8O2S.C7H12O2.C6H12NO3P.CN.ClH.2Na.H/c1-23(2,3)27(21-10-6-4-7-11-21,22-12-8-5-9-13-22)25-18-20-15-14-19(26-20)16-17-24;1-21(2,3)25(18-10-6-4-7-11-18,19-12-8-5-9-13-19)23-16-17-14-15-20(22)24-17;1-3-13-6-7-14(10-13)11-18-19(16,17)15-8-4-12(2)5-9-15;1-2-8-3-4-9(7-8)5-6-10;1-2-7-3-4-8(5-7)6-9;1-6-2-4-7(5-3-6)10(8)9;8-4-6-1-2-7(3-6)5-9;1-3-9-11(8,6-5-7)10-4-2;1-2;;;;/h4-13,19-20H,14-16,18H2,1-3H3;4-13,17,20,22H,14-16H2,1-3H3;4-9,13-14H,3,10-11H2,1-2H3;3-4,8-9H,2,5,7H2,1H3;3-4,7-9H,2,5-6H2,1H3;2-5H,1H3,(H,8,9);1-2,6-9H,3-5H2;3-4,6H2,1-2H3;;1H;;;/q;;;;;;;;-1;;2*+1;-1/p-2/t19?,20-;17-,20?;;;;;;;;;;;/m00.........../s1. The number of aryl methyl sites for hydroxylation is 2. The first-order chi connectivity index (χ1) is 58.4. The van der Waals surface area contributed by atoms with Gasteiger partial charge in [0.25, 0.3) is 26.8 Å². The fraction of sp³-hybridized carbons (Fsp3) is 0.505. The second-order valence-corrected chi connectivity index (χ2v) is 49.4. The van der Waals surface area contributed by atoms with Crippen molar-refractivity contribution in [2.75, 3.05) is 59.0 Å². The summed E-state index contributed by atoms with van der Waals surface area (Å²) in [7, 11) is -11.6. The Bertz CT molecular complexity index is 4280. The molecular weight excluding hydrogens is 1740 g/mol. The average Bonchev–Trinajstić information content (AvgIpc) is 1.60. The summed E-state index contributed by atoms with van der Waals surface area (Å²) < 4.78 is 84.7. The molecular formula is C97H136ClN4Na2O14PS4Si2-2. The van der Waals surface area contributed by atoms with Gasteiger partial charge in [-0.05, 0) is 188 Å². The van der Waals surface area contributed by atoms with Crippen molar-refractivity contribution in [2.45, 2.75) is 215 Å². The zero-order valence-corrected chi connectivity index (χ0v) is 87.3. The van der Waals surface area contributed by atoms with Crippen molar-refractivity contribution in [3.8, 4) is 18.2 Å². The number of hydrogen-bond acceptors (Lipinski definition) is 20. The van der Waals surface area contributed by atoms with Gasteiger partial charge in [-0.1, -0.05) is 268 Å². The Morgan fingerprint density at radius 1 is 0.488 bits per heavy atom. The van der Waals surface area contributed by atoms with E-state index in [1.807, 2.05) is 37.8 Å². The van der Waals surface area contributed by atoms with Crippen molar-refractivity contribution < 1.29 is 137 Å². The van der Waals surface area contributed by atoms with E-state index in [1.54, 1.807) is 80.2 Å². The fourth-order valence-electron chi connectivity index (χ4n) is 15.3. The molecule has 18 nitrogen and oxygen atoms in total. The molecule has 6 aliphatic rings. The molecule has 4 N–H and O–H groups in total. The smallest absolute Gasteiger partial charge is 1.00 e. The molecule has 6 aromatic carbocycles. The molecule has 11 unspecified atom stereocenters. The van der Waals surface area contributed by atoms with Crippen molar-refractivity contribution >= 4 is 89.7 Å². The Hall–Kier alpha value is -4.41. The third kappa shape index (κ3) is 40.7. The zero-order valence-electron chi connectivity index (χ0n) is 77.4. The number of nitriles is 3. The molecule has 6 aromatic rings. The van der Waals surface area contributed by atoms with E-state index in [4.69, 9.17) is 65.0 Å². The molecule has 0 amide bonds. The molecule has 676 valence electrons. The van der Waals surface area contributed by atoms with Gasteiger partial charge in [0.2, 0.25) is 0 Å². The quantitative estimate of drug-likeness (QED) is 0.00886. The molecule has 28 heteroatoms. The second kappa shape index (κ2) is 63.6. The third-order valence-corrected chi connectivity index (χ3v) is 38.6. The van der Waals surface area contributed by atoms with Crippen LogP contribution in [0.4, 0.5) is 0 Å². The maximum Gasteiger partial charge on any atom is 1.00 e. The Balaban J connectivity index is 0.00000146. The molecule has 0 aromatic heterocycles. The van der Waals surface area contributed by atoms with Crippen LogP contribution in [-0.2, 0) is 47.8 Å². The van der Waals surface area contributed by atoms with Gasteiger partial charge < -0.3 is 68.5 Å². The van der Waals surface area contributed by atoms with Crippen LogP contribution >= 0.6 is 31.1 Å². The molecule has 0 saturated carbocycles. The predicted octanol–water partition coefficient (Wildman–Crippen LogP) is 10.3. The van der Waals surface area contributed by atoms with Gasteiger partial charge in [0.15, 0.2) is 0 Å². The van der Waals surface area contributed by atoms with Gasteiger partial charge in [0.05, 0.1) is 48.4 Å². The van der Waals surface area contributed by atoms with Gasteiger partial charge in [0.1, 0.15) is 6.16 Å². The SMILES string of the molecule is CC(C)(C)[Si](OC[C@@H]1CCC(CC#N)S1)(c1ccccc1)c1ccccc1.CC(C)(C)[Si](OC[C@@H]1CCC(O)S1)(c1ccccc1)c1ccccc1.CCC1C=CC(CC#N)C1.CCC1C=CC(CO)C1.CCC1C=CC(COS(=O)(=O)c2ccc(C)cc2)C1.CCOP(=O)(CC#N)OCC.Cc1ccc(S(=O)[O-])cc1.OCC1C=CC(CO)C1.[C-]#N.[Cl-].[H-].[Na+].[Na+]. The number of hydrogen-bond donors (Lipinski definition) is 4. The van der Waals surface area contributed by atoms with Crippen molar-refractivity contribution in [1.82, 2.24) is 0 Å². The summed E-state index contributed by atoms with van der Waals surface area (Å²) in [5, 5.41) is 74.5. The van der Waals surface area contributed by atoms with Gasteiger partial charge in [-0.3, -0.25) is 13.0 Å². The normalized spacial score (nSPS) is 21.4. The second-order valence-electron chi connectivity index (χ2n) is 33.1. The molecule has 0 radical (unpaired) electrons. The minimum atomic E-state index is -3.62. The Labute approximate surface area is 815 Å². The third-order valence-electron chi connectivity index (χ3n) is 22.0. The first kappa shape index (κ1) is 119. The van der Waals surface area contributed by atoms with Gasteiger partial charge >= 0.3 is 66.7 Å². The summed E-state index contributed by atoms with van der Waals surface area (Å²) in [4.78, 5) is 0.567. The number of nitrogens with zero attached hydrogens (tertiary/aromatic N) is 4. The summed E-state index contributed by atoms with van der Waals surface area (Å²) in [5.41, 5.74) is 1.87. The van der Waals surface area contributed by atoms with Crippen LogP contribution in [-0.4, -0.2) is 134 Å². The molecule has 0 bridgehead atoms. The van der Waals surface area contributed by atoms with Crippen molar-refractivity contribution in [1.29, 1.82) is 21.0 Å². The van der Waals surface area contributed by atoms with Crippen LogP contribution in [0.5, 0.6) is 0 Å².